The van der Waals surface area contributed by atoms with Gasteiger partial charge in [0.05, 0.1) is 17.7 Å². The molecule has 9 heteroatoms. The highest BCUT2D eigenvalue weighted by Crippen LogP contribution is 2.30. The molecule has 3 aromatic rings. The van der Waals surface area contributed by atoms with Crippen LogP contribution in [0.5, 0.6) is 11.5 Å². The molecule has 1 amide bonds. The summed E-state index contributed by atoms with van der Waals surface area (Å²) in [6, 6.07) is 22.2. The first-order valence-electron chi connectivity index (χ1n) is 12.9. The Morgan fingerprint density at radius 1 is 0.897 bits per heavy atom. The summed E-state index contributed by atoms with van der Waals surface area (Å²) >= 11 is 0. The van der Waals surface area contributed by atoms with Crippen molar-refractivity contribution < 1.29 is 33.3 Å². The van der Waals surface area contributed by atoms with Crippen LogP contribution in [0.25, 0.3) is 0 Å². The van der Waals surface area contributed by atoms with E-state index in [1.807, 2.05) is 0 Å². The van der Waals surface area contributed by atoms with E-state index in [-0.39, 0.29) is 18.0 Å². The number of benzene rings is 3. The second kappa shape index (κ2) is 14.1. The molecule has 1 aliphatic heterocycles. The number of esters is 2. The van der Waals surface area contributed by atoms with Crippen molar-refractivity contribution in [3.63, 3.8) is 0 Å². The molecule has 0 radical (unpaired) electrons. The second-order valence-corrected chi connectivity index (χ2v) is 9.07. The molecule has 0 saturated carbocycles. The molecule has 0 aliphatic carbocycles. The van der Waals surface area contributed by atoms with Crippen LogP contribution in [0.2, 0.25) is 0 Å². The summed E-state index contributed by atoms with van der Waals surface area (Å²) in [6.45, 7) is 3.41. The smallest absolute Gasteiger partial charge is 0.409 e. The van der Waals surface area contributed by atoms with Gasteiger partial charge in [0.15, 0.2) is 11.5 Å². The quantitative estimate of drug-likeness (QED) is 0.211. The van der Waals surface area contributed by atoms with Gasteiger partial charge in [-0.25, -0.2) is 14.4 Å². The summed E-state index contributed by atoms with van der Waals surface area (Å²) in [5, 5.41) is 6.02. The van der Waals surface area contributed by atoms with E-state index in [2.05, 4.69) is 10.6 Å². The van der Waals surface area contributed by atoms with Crippen LogP contribution in [0.4, 0.5) is 4.79 Å². The van der Waals surface area contributed by atoms with E-state index in [1.165, 1.54) is 0 Å². The molecule has 0 bridgehead atoms. The molecule has 4 rings (SSSR count). The first kappa shape index (κ1) is 27.8. The third-order valence-electron chi connectivity index (χ3n) is 6.08. The van der Waals surface area contributed by atoms with Gasteiger partial charge in [-0.15, -0.1) is 0 Å². The summed E-state index contributed by atoms with van der Waals surface area (Å²) in [5.41, 5.74) is 1.47. The Morgan fingerprint density at radius 2 is 1.54 bits per heavy atom. The van der Waals surface area contributed by atoms with E-state index >= 15 is 0 Å². The number of hydrogen-bond acceptors (Lipinski definition) is 8. The van der Waals surface area contributed by atoms with Crippen molar-refractivity contribution in [2.24, 2.45) is 0 Å². The molecule has 2 atom stereocenters. The summed E-state index contributed by atoms with van der Waals surface area (Å²) in [6.07, 6.45) is 1.32. The zero-order chi connectivity index (χ0) is 27.5. The molecule has 39 heavy (non-hydrogen) atoms. The predicted molar refractivity (Wildman–Crippen MR) is 144 cm³/mol. The van der Waals surface area contributed by atoms with Crippen LogP contribution < -0.4 is 20.1 Å². The third-order valence-corrected chi connectivity index (χ3v) is 6.08. The Balaban J connectivity index is 1.35. The van der Waals surface area contributed by atoms with E-state index in [0.29, 0.717) is 30.2 Å². The zero-order valence-corrected chi connectivity index (χ0v) is 21.8. The molecule has 2 unspecified atom stereocenters. The standard InChI is InChI=1S/C30H32N2O7/c1-21(36-20-25-13-8-17-31-25)37-30(35)32-18-16-22-14-15-26(38-28(33)23-9-4-2-5-10-23)27(19-22)39-29(34)24-11-6-3-7-12-24/h2-7,9-12,14-15,19,21,25,31H,8,13,16-18,20H2,1H3,(H,32,35). The van der Waals surface area contributed by atoms with Gasteiger partial charge in [0, 0.05) is 12.6 Å². The van der Waals surface area contributed by atoms with Crippen LogP contribution in [0.3, 0.4) is 0 Å². The SMILES string of the molecule is CC(OCC1CCCN1)OC(=O)NCCc1ccc(OC(=O)c2ccccc2)c(OC(=O)c2ccccc2)c1. The van der Waals surface area contributed by atoms with Gasteiger partial charge >= 0.3 is 18.0 Å². The summed E-state index contributed by atoms with van der Waals surface area (Å²) < 4.78 is 22.0. The Hall–Kier alpha value is -4.21. The lowest BCUT2D eigenvalue weighted by Gasteiger charge is -2.17. The van der Waals surface area contributed by atoms with Crippen molar-refractivity contribution in [3.05, 3.63) is 95.6 Å². The fourth-order valence-corrected chi connectivity index (χ4v) is 4.02. The molecule has 1 aliphatic rings. The molecule has 1 fully saturated rings. The first-order valence-corrected chi connectivity index (χ1v) is 12.9. The Morgan fingerprint density at radius 3 is 2.15 bits per heavy atom. The van der Waals surface area contributed by atoms with Gasteiger partial charge in [0.1, 0.15) is 0 Å². The van der Waals surface area contributed by atoms with Crippen molar-refractivity contribution in [1.29, 1.82) is 0 Å². The molecule has 204 valence electrons. The van der Waals surface area contributed by atoms with Crippen molar-refractivity contribution in [3.8, 4) is 11.5 Å². The average Bonchev–Trinajstić information content (AvgIpc) is 3.48. The fourth-order valence-electron chi connectivity index (χ4n) is 4.02. The molecular formula is C30H32N2O7. The van der Waals surface area contributed by atoms with E-state index < -0.39 is 24.3 Å². The lowest BCUT2D eigenvalue weighted by molar-refractivity contribution is -0.0955. The van der Waals surface area contributed by atoms with Gasteiger partial charge in [0.2, 0.25) is 6.29 Å². The van der Waals surface area contributed by atoms with Gasteiger partial charge in [0.25, 0.3) is 0 Å². The zero-order valence-electron chi connectivity index (χ0n) is 21.8. The number of amides is 1. The number of carbonyl (C=O) groups excluding carboxylic acids is 3. The molecule has 0 spiro atoms. The topological polar surface area (TPSA) is 112 Å². The highest BCUT2D eigenvalue weighted by molar-refractivity contribution is 5.93. The minimum atomic E-state index is -0.671. The Kier molecular flexibility index (Phi) is 10.0. The largest absolute Gasteiger partial charge is 0.420 e. The summed E-state index contributed by atoms with van der Waals surface area (Å²) in [4.78, 5) is 37.5. The summed E-state index contributed by atoms with van der Waals surface area (Å²) in [7, 11) is 0. The lowest BCUT2D eigenvalue weighted by atomic mass is 10.1. The molecule has 1 saturated heterocycles. The normalized spacial score (nSPS) is 15.3. The van der Waals surface area contributed by atoms with Crippen LogP contribution in [0.1, 0.15) is 46.0 Å². The minimum absolute atomic E-state index is 0.0933. The number of hydrogen-bond donors (Lipinski definition) is 2. The maximum absolute atomic E-state index is 12.7. The fraction of sp³-hybridized carbons (Fsp3) is 0.300. The maximum Gasteiger partial charge on any atom is 0.409 e. The predicted octanol–water partition coefficient (Wildman–Crippen LogP) is 4.51. The second-order valence-electron chi connectivity index (χ2n) is 9.07. The van der Waals surface area contributed by atoms with Crippen molar-refractivity contribution >= 4 is 18.0 Å². The van der Waals surface area contributed by atoms with Gasteiger partial charge in [-0.2, -0.15) is 0 Å². The molecule has 0 aromatic heterocycles. The van der Waals surface area contributed by atoms with Gasteiger partial charge in [-0.1, -0.05) is 42.5 Å². The van der Waals surface area contributed by atoms with Crippen LogP contribution in [0.15, 0.2) is 78.9 Å². The number of rotatable bonds is 11. The molecule has 2 N–H and O–H groups in total. The maximum atomic E-state index is 12.7. The highest BCUT2D eigenvalue weighted by Gasteiger charge is 2.19. The highest BCUT2D eigenvalue weighted by atomic mass is 16.7. The van der Waals surface area contributed by atoms with E-state index in [0.717, 1.165) is 24.9 Å². The van der Waals surface area contributed by atoms with Crippen molar-refractivity contribution in [1.82, 2.24) is 10.6 Å². The molecule has 9 nitrogen and oxygen atoms in total. The van der Waals surface area contributed by atoms with Gasteiger partial charge in [-0.3, -0.25) is 0 Å². The van der Waals surface area contributed by atoms with Crippen molar-refractivity contribution in [2.45, 2.75) is 38.5 Å². The summed E-state index contributed by atoms with van der Waals surface area (Å²) in [5.74, 6) is -0.971. The average molecular weight is 533 g/mol. The lowest BCUT2D eigenvalue weighted by Crippen LogP contribution is -2.33. The van der Waals surface area contributed by atoms with Crippen LogP contribution >= 0.6 is 0 Å². The monoisotopic (exact) mass is 532 g/mol. The molecule has 3 aromatic carbocycles. The third kappa shape index (κ3) is 8.66. The van der Waals surface area contributed by atoms with Crippen LogP contribution in [0, 0.1) is 0 Å². The minimum Gasteiger partial charge on any atom is -0.420 e. The number of nitrogens with one attached hydrogen (secondary N) is 2. The van der Waals surface area contributed by atoms with E-state index in [1.54, 1.807) is 85.8 Å². The molecular weight excluding hydrogens is 500 g/mol. The van der Waals surface area contributed by atoms with Crippen LogP contribution in [-0.4, -0.2) is 50.1 Å². The number of carbonyl (C=O) groups is 3. The van der Waals surface area contributed by atoms with E-state index in [9.17, 15) is 14.4 Å². The van der Waals surface area contributed by atoms with Crippen molar-refractivity contribution in [2.75, 3.05) is 19.7 Å². The van der Waals surface area contributed by atoms with E-state index in [4.69, 9.17) is 18.9 Å². The molecule has 1 heterocycles. The Labute approximate surface area is 227 Å². The van der Waals surface area contributed by atoms with Crippen LogP contribution in [-0.2, 0) is 15.9 Å². The number of alkyl carbamates (subject to hydrolysis) is 1. The van der Waals surface area contributed by atoms with Gasteiger partial charge in [-0.05, 0) is 74.7 Å². The number of ether oxygens (including phenoxy) is 4. The first-order chi connectivity index (χ1) is 19.0. The Bertz CT molecular complexity index is 1240. The van der Waals surface area contributed by atoms with Gasteiger partial charge < -0.3 is 29.6 Å².